The third kappa shape index (κ3) is 3.98. The van der Waals surface area contributed by atoms with Gasteiger partial charge in [0, 0.05) is 42.1 Å². The van der Waals surface area contributed by atoms with E-state index < -0.39 is 0 Å². The van der Waals surface area contributed by atoms with E-state index in [9.17, 15) is 0 Å². The van der Waals surface area contributed by atoms with Gasteiger partial charge >= 0.3 is 0 Å². The minimum Gasteiger partial charge on any atom is -0.353 e. The molecule has 0 atom stereocenters. The Bertz CT molecular complexity index is 637. The van der Waals surface area contributed by atoms with Gasteiger partial charge in [0.1, 0.15) is 5.82 Å². The predicted octanol–water partition coefficient (Wildman–Crippen LogP) is 2.97. The zero-order chi connectivity index (χ0) is 14.5. The number of rotatable bonds is 2. The summed E-state index contributed by atoms with van der Waals surface area (Å²) in [5.41, 5.74) is 2.86. The van der Waals surface area contributed by atoms with E-state index in [-0.39, 0.29) is 0 Å². The first kappa shape index (κ1) is 14.4. The Labute approximate surface area is 134 Å². The molecule has 0 bridgehead atoms. The molecule has 1 saturated heterocycles. The number of thiazole rings is 1. The van der Waals surface area contributed by atoms with E-state index in [0.29, 0.717) is 0 Å². The highest BCUT2D eigenvalue weighted by Gasteiger charge is 2.17. The van der Waals surface area contributed by atoms with Crippen molar-refractivity contribution in [2.75, 3.05) is 37.6 Å². The molecule has 0 unspecified atom stereocenters. The van der Waals surface area contributed by atoms with Crippen molar-refractivity contribution >= 4 is 28.8 Å². The second-order valence-corrected chi connectivity index (χ2v) is 6.08. The number of hydrogen-bond acceptors (Lipinski definition) is 4. The molecule has 1 aliphatic rings. The summed E-state index contributed by atoms with van der Waals surface area (Å²) in [7, 11) is 0. The molecule has 0 amide bonds. The maximum absolute atomic E-state index is 5.95. The van der Waals surface area contributed by atoms with E-state index >= 15 is 0 Å². The topological polar surface area (TPSA) is 19.4 Å². The lowest BCUT2D eigenvalue weighted by Gasteiger charge is -2.33. The molecule has 1 aliphatic heterocycles. The molecule has 2 aromatic rings. The Morgan fingerprint density at radius 1 is 1.24 bits per heavy atom. The van der Waals surface area contributed by atoms with Gasteiger partial charge in [-0.2, -0.15) is 0 Å². The summed E-state index contributed by atoms with van der Waals surface area (Å²) in [5, 5.41) is 2.84. The molecular formula is C16H16ClN3S. The van der Waals surface area contributed by atoms with Gasteiger partial charge in [-0.3, -0.25) is 4.90 Å². The van der Waals surface area contributed by atoms with Crippen LogP contribution in [0.15, 0.2) is 35.2 Å². The maximum Gasteiger partial charge on any atom is 0.139 e. The van der Waals surface area contributed by atoms with E-state index in [1.54, 1.807) is 11.3 Å². The quantitative estimate of drug-likeness (QED) is 0.794. The number of nitrogens with zero attached hydrogens (tertiary/aromatic N) is 3. The SMILES string of the molecule is Clc1cccc(C#CCN2CCN(c3cscn3)CC2)c1. The van der Waals surface area contributed by atoms with Crippen molar-refractivity contribution in [2.45, 2.75) is 0 Å². The smallest absolute Gasteiger partial charge is 0.139 e. The van der Waals surface area contributed by atoms with Crippen LogP contribution in [-0.4, -0.2) is 42.6 Å². The highest BCUT2D eigenvalue weighted by Crippen LogP contribution is 2.15. The molecule has 0 saturated carbocycles. The van der Waals surface area contributed by atoms with Crippen molar-refractivity contribution in [1.82, 2.24) is 9.88 Å². The van der Waals surface area contributed by atoms with Crippen molar-refractivity contribution in [2.24, 2.45) is 0 Å². The summed E-state index contributed by atoms with van der Waals surface area (Å²) in [4.78, 5) is 9.07. The Kier molecular flexibility index (Phi) is 4.76. The first-order chi connectivity index (χ1) is 10.3. The molecule has 0 N–H and O–H groups in total. The fourth-order valence-electron chi connectivity index (χ4n) is 2.32. The van der Waals surface area contributed by atoms with Gasteiger partial charge in [-0.15, -0.1) is 11.3 Å². The fraction of sp³-hybridized carbons (Fsp3) is 0.312. The van der Waals surface area contributed by atoms with Crippen molar-refractivity contribution in [3.63, 3.8) is 0 Å². The molecule has 0 aliphatic carbocycles. The average molecular weight is 318 g/mol. The third-order valence-corrected chi connectivity index (χ3v) is 4.28. The average Bonchev–Trinajstić information content (AvgIpc) is 3.02. The molecule has 2 heterocycles. The maximum atomic E-state index is 5.95. The van der Waals surface area contributed by atoms with Crippen LogP contribution in [0.25, 0.3) is 0 Å². The van der Waals surface area contributed by atoms with Crippen molar-refractivity contribution < 1.29 is 0 Å². The van der Waals surface area contributed by atoms with Crippen LogP contribution in [0.3, 0.4) is 0 Å². The molecule has 0 spiro atoms. The summed E-state index contributed by atoms with van der Waals surface area (Å²) in [6.45, 7) is 4.89. The van der Waals surface area contributed by atoms with Crippen molar-refractivity contribution in [3.8, 4) is 11.8 Å². The Morgan fingerprint density at radius 2 is 2.10 bits per heavy atom. The molecule has 108 valence electrons. The molecule has 3 nitrogen and oxygen atoms in total. The standard InChI is InChI=1S/C16H16ClN3S/c17-15-5-1-3-14(11-15)4-2-6-19-7-9-20(10-8-19)16-12-21-13-18-16/h1,3,5,11-13H,6-10H2. The van der Waals surface area contributed by atoms with Crippen LogP contribution in [0, 0.1) is 11.8 Å². The van der Waals surface area contributed by atoms with Gasteiger partial charge < -0.3 is 4.90 Å². The number of aromatic nitrogens is 1. The van der Waals surface area contributed by atoms with Crippen LogP contribution in [0.1, 0.15) is 5.56 Å². The Balaban J connectivity index is 1.50. The molecule has 0 radical (unpaired) electrons. The zero-order valence-corrected chi connectivity index (χ0v) is 13.2. The number of anilines is 1. The summed E-state index contributed by atoms with van der Waals surface area (Å²) < 4.78 is 0. The summed E-state index contributed by atoms with van der Waals surface area (Å²) in [6.07, 6.45) is 0. The van der Waals surface area contributed by atoms with Gasteiger partial charge in [-0.1, -0.05) is 29.5 Å². The van der Waals surface area contributed by atoms with Crippen LogP contribution in [0.5, 0.6) is 0 Å². The normalized spacial score (nSPS) is 15.6. The van der Waals surface area contributed by atoms with Crippen molar-refractivity contribution in [1.29, 1.82) is 0 Å². The zero-order valence-electron chi connectivity index (χ0n) is 11.6. The van der Waals surface area contributed by atoms with Crippen LogP contribution in [-0.2, 0) is 0 Å². The monoisotopic (exact) mass is 317 g/mol. The Morgan fingerprint density at radius 3 is 2.81 bits per heavy atom. The van der Waals surface area contributed by atoms with Crippen molar-refractivity contribution in [3.05, 3.63) is 45.7 Å². The summed E-state index contributed by atoms with van der Waals surface area (Å²) in [5.74, 6) is 7.51. The fourth-order valence-corrected chi connectivity index (χ4v) is 3.07. The minimum atomic E-state index is 0.735. The number of benzene rings is 1. The molecule has 3 rings (SSSR count). The summed E-state index contributed by atoms with van der Waals surface area (Å²) in [6, 6.07) is 7.68. The van der Waals surface area contributed by atoms with Crippen LogP contribution >= 0.6 is 22.9 Å². The van der Waals surface area contributed by atoms with Gasteiger partial charge in [-0.05, 0) is 18.2 Å². The van der Waals surface area contributed by atoms with Gasteiger partial charge in [0.25, 0.3) is 0 Å². The second-order valence-electron chi connectivity index (χ2n) is 4.92. The molecule has 1 aromatic carbocycles. The van der Waals surface area contributed by atoms with E-state index in [1.807, 2.05) is 29.8 Å². The van der Waals surface area contributed by atoms with E-state index in [4.69, 9.17) is 11.6 Å². The highest BCUT2D eigenvalue weighted by atomic mass is 35.5. The van der Waals surface area contributed by atoms with Gasteiger partial charge in [0.05, 0.1) is 12.1 Å². The van der Waals surface area contributed by atoms with Crippen LogP contribution in [0.4, 0.5) is 5.82 Å². The lowest BCUT2D eigenvalue weighted by atomic mass is 10.2. The lowest BCUT2D eigenvalue weighted by molar-refractivity contribution is 0.287. The minimum absolute atomic E-state index is 0.735. The molecule has 21 heavy (non-hydrogen) atoms. The molecular weight excluding hydrogens is 302 g/mol. The molecule has 1 fully saturated rings. The van der Waals surface area contributed by atoms with Crippen LogP contribution in [0.2, 0.25) is 5.02 Å². The lowest BCUT2D eigenvalue weighted by Crippen LogP contribution is -2.46. The van der Waals surface area contributed by atoms with Crippen LogP contribution < -0.4 is 4.90 Å². The van der Waals surface area contributed by atoms with Gasteiger partial charge in [0.2, 0.25) is 0 Å². The van der Waals surface area contributed by atoms with Gasteiger partial charge in [0.15, 0.2) is 0 Å². The molecule has 1 aromatic heterocycles. The molecule has 5 heteroatoms. The first-order valence-corrected chi connectivity index (χ1v) is 8.23. The third-order valence-electron chi connectivity index (χ3n) is 3.48. The predicted molar refractivity (Wildman–Crippen MR) is 89.1 cm³/mol. The number of hydrogen-bond donors (Lipinski definition) is 0. The largest absolute Gasteiger partial charge is 0.353 e. The van der Waals surface area contributed by atoms with E-state index in [1.165, 1.54) is 0 Å². The van der Waals surface area contributed by atoms with E-state index in [2.05, 4.69) is 32.0 Å². The van der Waals surface area contributed by atoms with Gasteiger partial charge in [-0.25, -0.2) is 4.98 Å². The second kappa shape index (κ2) is 6.95. The Hall–Kier alpha value is -1.54. The number of halogens is 1. The summed E-state index contributed by atoms with van der Waals surface area (Å²) >= 11 is 7.60. The highest BCUT2D eigenvalue weighted by molar-refractivity contribution is 7.07. The first-order valence-electron chi connectivity index (χ1n) is 6.91. The van der Waals surface area contributed by atoms with E-state index in [0.717, 1.165) is 49.1 Å². The number of piperazine rings is 1.